The lowest BCUT2D eigenvalue weighted by Gasteiger charge is -2.49. The summed E-state index contributed by atoms with van der Waals surface area (Å²) >= 11 is 2.48. The van der Waals surface area contributed by atoms with Gasteiger partial charge in [-0.15, -0.1) is 23.1 Å². The Hall–Kier alpha value is -3.95. The fourth-order valence-corrected chi connectivity index (χ4v) is 6.18. The Balaban J connectivity index is 1.36. The molecular weight excluding hydrogens is 522 g/mol. The van der Waals surface area contributed by atoms with Gasteiger partial charge in [0.25, 0.3) is 11.8 Å². The number of aliphatic hydroxyl groups excluding tert-OH is 1. The van der Waals surface area contributed by atoms with Gasteiger partial charge >= 0.3 is 5.97 Å². The van der Waals surface area contributed by atoms with Crippen LogP contribution in [-0.4, -0.2) is 72.3 Å². The Morgan fingerprint density at radius 3 is 2.89 bits per heavy atom. The standard InChI is InChI=1S/C22H21N7O6S2/c1-35-26-15(13-10-37-22(23)24-13)18(31)25-16-19(32)29-17(21(33)34)12(9-36-20(16)29)6-27-4-5-28-3-2-11(8-30)14(28)7-27/h2-5,7,10,16,20,30H,6,8-9H2,1H3,(H3-,23,24,25,31,33,34)/p+1/t16-,20+/m1/s1. The number of fused-ring (bicyclic) bond motifs is 2. The van der Waals surface area contributed by atoms with Gasteiger partial charge in [-0.25, -0.2) is 9.78 Å². The SMILES string of the molecule is CON=C(C(=O)N[C@@H]1C(=O)N2C(C(=O)O)=C(C[n+]3ccn4ccc(CO)c4c3)CS[C@@H]12)c1csc(N)n1. The second-order valence-electron chi connectivity index (χ2n) is 8.20. The van der Waals surface area contributed by atoms with Crippen molar-refractivity contribution >= 4 is 57.2 Å². The number of hydrogen-bond acceptors (Lipinski definition) is 10. The van der Waals surface area contributed by atoms with Crippen LogP contribution in [0, 0.1) is 0 Å². The number of carbonyl (C=O) groups excluding carboxylic acids is 2. The number of hydrogen-bond donors (Lipinski definition) is 4. The van der Waals surface area contributed by atoms with Crippen molar-refractivity contribution < 1.29 is 34.0 Å². The molecule has 3 aromatic heterocycles. The predicted molar refractivity (Wildman–Crippen MR) is 133 cm³/mol. The number of nitrogens with one attached hydrogen (secondary N) is 1. The second-order valence-corrected chi connectivity index (χ2v) is 10.2. The zero-order chi connectivity index (χ0) is 26.3. The van der Waals surface area contributed by atoms with Gasteiger partial charge in [-0.3, -0.25) is 14.5 Å². The Morgan fingerprint density at radius 2 is 2.22 bits per heavy atom. The van der Waals surface area contributed by atoms with Crippen molar-refractivity contribution in [3.8, 4) is 0 Å². The van der Waals surface area contributed by atoms with Gasteiger partial charge in [0.2, 0.25) is 0 Å². The molecule has 2 aliphatic heterocycles. The number of nitrogen functional groups attached to an aromatic ring is 1. The first-order chi connectivity index (χ1) is 17.8. The number of rotatable bonds is 8. The van der Waals surface area contributed by atoms with Gasteiger partial charge in [0, 0.05) is 28.5 Å². The highest BCUT2D eigenvalue weighted by Gasteiger charge is 2.54. The monoisotopic (exact) mass is 544 g/mol. The minimum Gasteiger partial charge on any atom is -0.477 e. The van der Waals surface area contributed by atoms with Crippen molar-refractivity contribution in [3.05, 3.63) is 58.8 Å². The Kier molecular flexibility index (Phi) is 6.57. The van der Waals surface area contributed by atoms with Crippen LogP contribution in [0.4, 0.5) is 5.13 Å². The van der Waals surface area contributed by atoms with E-state index in [1.54, 1.807) is 11.6 Å². The van der Waals surface area contributed by atoms with E-state index in [0.29, 0.717) is 11.3 Å². The third-order valence-electron chi connectivity index (χ3n) is 5.99. The highest BCUT2D eigenvalue weighted by molar-refractivity contribution is 8.00. The van der Waals surface area contributed by atoms with Crippen LogP contribution in [0.3, 0.4) is 0 Å². The van der Waals surface area contributed by atoms with E-state index >= 15 is 0 Å². The van der Waals surface area contributed by atoms with Crippen LogP contribution < -0.4 is 15.6 Å². The summed E-state index contributed by atoms with van der Waals surface area (Å²) in [5.74, 6) is -2.10. The molecule has 2 aliphatic rings. The molecular formula is C22H22N7O6S2+. The summed E-state index contributed by atoms with van der Waals surface area (Å²) in [6, 6.07) is 0.866. The second kappa shape index (κ2) is 9.84. The smallest absolute Gasteiger partial charge is 0.352 e. The Labute approximate surface area is 217 Å². The van der Waals surface area contributed by atoms with Crippen molar-refractivity contribution in [1.82, 2.24) is 19.6 Å². The molecule has 13 nitrogen and oxygen atoms in total. The molecule has 0 bridgehead atoms. The third kappa shape index (κ3) is 4.41. The van der Waals surface area contributed by atoms with E-state index in [4.69, 9.17) is 10.6 Å². The van der Waals surface area contributed by atoms with Crippen molar-refractivity contribution in [3.63, 3.8) is 0 Å². The number of aliphatic carboxylic acids is 1. The average molecular weight is 545 g/mol. The van der Waals surface area contributed by atoms with Crippen LogP contribution in [0.1, 0.15) is 11.3 Å². The van der Waals surface area contributed by atoms with Gasteiger partial charge < -0.3 is 30.5 Å². The van der Waals surface area contributed by atoms with Crippen molar-refractivity contribution in [2.75, 3.05) is 18.6 Å². The van der Waals surface area contributed by atoms with Crippen LogP contribution in [0.25, 0.3) is 5.52 Å². The van der Waals surface area contributed by atoms with E-state index in [2.05, 4.69) is 15.5 Å². The number of aromatic nitrogens is 3. The topological polar surface area (TPSA) is 176 Å². The molecule has 0 aliphatic carbocycles. The maximum atomic E-state index is 13.0. The number of anilines is 1. The number of aliphatic hydroxyl groups is 1. The maximum Gasteiger partial charge on any atom is 0.352 e. The first kappa shape index (κ1) is 24.7. The Bertz CT molecular complexity index is 1480. The number of thioether (sulfide) groups is 1. The fourth-order valence-electron chi connectivity index (χ4n) is 4.30. The molecule has 37 heavy (non-hydrogen) atoms. The highest BCUT2D eigenvalue weighted by atomic mass is 32.2. The van der Waals surface area contributed by atoms with Gasteiger partial charge in [-0.2, -0.15) is 4.57 Å². The van der Waals surface area contributed by atoms with E-state index in [0.717, 1.165) is 22.4 Å². The van der Waals surface area contributed by atoms with Gasteiger partial charge in [-0.1, -0.05) is 5.16 Å². The maximum absolute atomic E-state index is 13.0. The van der Waals surface area contributed by atoms with E-state index in [-0.39, 0.29) is 35.4 Å². The molecule has 5 heterocycles. The van der Waals surface area contributed by atoms with Gasteiger partial charge in [-0.05, 0) is 6.07 Å². The quantitative estimate of drug-likeness (QED) is 0.127. The molecule has 192 valence electrons. The van der Waals surface area contributed by atoms with Crippen LogP contribution in [-0.2, 0) is 32.4 Å². The number of carbonyl (C=O) groups is 3. The molecule has 2 amide bonds. The minimum absolute atomic E-state index is 0.0950. The van der Waals surface area contributed by atoms with Gasteiger partial charge in [0.1, 0.15) is 35.4 Å². The summed E-state index contributed by atoms with van der Waals surface area (Å²) in [6.45, 7) is 0.119. The lowest BCUT2D eigenvalue weighted by atomic mass is 10.0. The summed E-state index contributed by atoms with van der Waals surface area (Å²) in [7, 11) is 1.28. The summed E-state index contributed by atoms with van der Waals surface area (Å²) in [5, 5.41) is 27.1. The first-order valence-electron chi connectivity index (χ1n) is 10.9. The summed E-state index contributed by atoms with van der Waals surface area (Å²) in [6.07, 6.45) is 7.25. The molecule has 0 radical (unpaired) electrons. The summed E-state index contributed by atoms with van der Waals surface area (Å²) < 4.78 is 3.66. The largest absolute Gasteiger partial charge is 0.477 e. The van der Waals surface area contributed by atoms with Crippen LogP contribution >= 0.6 is 23.1 Å². The molecule has 0 spiro atoms. The molecule has 1 saturated heterocycles. The van der Waals surface area contributed by atoms with E-state index < -0.39 is 29.2 Å². The van der Waals surface area contributed by atoms with Crippen molar-refractivity contribution in [2.24, 2.45) is 5.16 Å². The number of amides is 2. The first-order valence-corrected chi connectivity index (χ1v) is 12.9. The van der Waals surface area contributed by atoms with E-state index in [1.807, 2.05) is 33.6 Å². The molecule has 0 aromatic carbocycles. The Morgan fingerprint density at radius 1 is 1.41 bits per heavy atom. The van der Waals surface area contributed by atoms with E-state index in [9.17, 15) is 24.6 Å². The van der Waals surface area contributed by atoms with Gasteiger partial charge in [0.15, 0.2) is 29.8 Å². The fraction of sp³-hybridized carbons (Fsp3) is 0.273. The lowest BCUT2D eigenvalue weighted by molar-refractivity contribution is -0.688. The molecule has 15 heteroatoms. The average Bonchev–Trinajstić information content (AvgIpc) is 3.50. The van der Waals surface area contributed by atoms with Crippen LogP contribution in [0.2, 0.25) is 0 Å². The number of thiazole rings is 1. The number of β-lactam (4-membered cyclic amide) rings is 1. The molecule has 3 aromatic rings. The summed E-state index contributed by atoms with van der Waals surface area (Å²) in [4.78, 5) is 48.2. The molecule has 2 atom stereocenters. The highest BCUT2D eigenvalue weighted by Crippen LogP contribution is 2.40. The molecule has 5 rings (SSSR count). The molecule has 0 unspecified atom stereocenters. The number of oxime groups is 1. The predicted octanol–water partition coefficient (Wildman–Crippen LogP) is -0.453. The molecule has 5 N–H and O–H groups in total. The number of nitrogens with zero attached hydrogens (tertiary/aromatic N) is 5. The zero-order valence-corrected chi connectivity index (χ0v) is 21.0. The van der Waals surface area contributed by atoms with Gasteiger partial charge in [0.05, 0.1) is 12.8 Å². The number of nitrogens with two attached hydrogens (primary N) is 1. The van der Waals surface area contributed by atoms with Crippen LogP contribution in [0.15, 0.2) is 52.7 Å². The summed E-state index contributed by atoms with van der Waals surface area (Å²) in [5.41, 5.74) is 7.71. The van der Waals surface area contributed by atoms with Crippen LogP contribution in [0.5, 0.6) is 0 Å². The third-order valence-corrected chi connectivity index (χ3v) is 8.01. The minimum atomic E-state index is -1.22. The number of carboxylic acid groups (broad SMARTS) is 1. The molecule has 0 saturated carbocycles. The van der Waals surface area contributed by atoms with E-state index in [1.165, 1.54) is 23.8 Å². The lowest BCUT2D eigenvalue weighted by Crippen LogP contribution is -2.71. The van der Waals surface area contributed by atoms with Crippen molar-refractivity contribution in [2.45, 2.75) is 24.6 Å². The number of carboxylic acids is 1. The molecule has 1 fully saturated rings. The normalized spacial score (nSPS) is 19.6. The zero-order valence-electron chi connectivity index (χ0n) is 19.4. The van der Waals surface area contributed by atoms with Crippen molar-refractivity contribution in [1.29, 1.82) is 0 Å².